The highest BCUT2D eigenvalue weighted by Gasteiger charge is 2.56. The fourth-order valence-corrected chi connectivity index (χ4v) is 5.56. The molecule has 14 heteroatoms. The maximum absolute atomic E-state index is 12.4. The van der Waals surface area contributed by atoms with Gasteiger partial charge in [0.15, 0.2) is 29.0 Å². The fourth-order valence-electron chi connectivity index (χ4n) is 5.56. The van der Waals surface area contributed by atoms with Crippen LogP contribution in [0.2, 0.25) is 0 Å². The zero-order valence-corrected chi connectivity index (χ0v) is 25.5. The Morgan fingerprint density at radius 1 is 0.957 bits per heavy atom. The molecule has 0 aliphatic carbocycles. The molecule has 5 heterocycles. The Kier molecular flexibility index (Phi) is 7.98. The van der Waals surface area contributed by atoms with Gasteiger partial charge in [0, 0.05) is 18.9 Å². The van der Waals surface area contributed by atoms with Crippen molar-refractivity contribution >= 4 is 23.1 Å². The van der Waals surface area contributed by atoms with Gasteiger partial charge in [-0.2, -0.15) is 0 Å². The number of hydrogen-bond donors (Lipinski definition) is 1. The standard InChI is InChI=1S/C32H33N7O7/c1-32(2)45-26-24(16-43-31(40)38-13-12-33-18-38)44-30(27(26)46-32)39-19-37-25-28(35-17-36-29(25)39)34-14-20-4-10-23(11-5-20)42-15-21-6-8-22(41-3)9-7-21/h4-13,17-19,24,26-27,30H,14-16H2,1-3H3,(H,34,35,36). The number of imidazole rings is 2. The van der Waals surface area contributed by atoms with Crippen molar-refractivity contribution in [2.75, 3.05) is 19.0 Å². The molecule has 3 aromatic heterocycles. The van der Waals surface area contributed by atoms with Crippen LogP contribution in [0.4, 0.5) is 10.6 Å². The number of carbonyl (C=O) groups excluding carboxylic acids is 1. The second-order valence-corrected chi connectivity index (χ2v) is 11.4. The van der Waals surface area contributed by atoms with E-state index in [4.69, 9.17) is 28.4 Å². The molecule has 14 nitrogen and oxygen atoms in total. The smallest absolute Gasteiger partial charge is 0.419 e. The van der Waals surface area contributed by atoms with Gasteiger partial charge < -0.3 is 33.7 Å². The first-order valence-corrected chi connectivity index (χ1v) is 14.8. The fraction of sp³-hybridized carbons (Fsp3) is 0.344. The lowest BCUT2D eigenvalue weighted by Crippen LogP contribution is -2.34. The number of methoxy groups -OCH3 is 1. The molecule has 0 radical (unpaired) electrons. The second-order valence-electron chi connectivity index (χ2n) is 11.4. The topological polar surface area (TPSA) is 146 Å². The van der Waals surface area contributed by atoms with Crippen molar-refractivity contribution in [3.05, 3.63) is 91.0 Å². The van der Waals surface area contributed by atoms with Crippen molar-refractivity contribution in [2.45, 2.75) is 57.3 Å². The average Bonchev–Trinajstić information content (AvgIpc) is 3.87. The summed E-state index contributed by atoms with van der Waals surface area (Å²) in [5.74, 6) is 1.31. The average molecular weight is 628 g/mol. The molecule has 46 heavy (non-hydrogen) atoms. The Morgan fingerprint density at radius 3 is 2.48 bits per heavy atom. The van der Waals surface area contributed by atoms with Gasteiger partial charge in [0.05, 0.1) is 13.4 Å². The van der Waals surface area contributed by atoms with E-state index in [0.29, 0.717) is 30.1 Å². The molecule has 4 atom stereocenters. The molecule has 2 aliphatic heterocycles. The minimum absolute atomic E-state index is 0.0339. The summed E-state index contributed by atoms with van der Waals surface area (Å²) in [5.41, 5.74) is 3.23. The molecular formula is C32H33N7O7. The van der Waals surface area contributed by atoms with Gasteiger partial charge in [-0.3, -0.25) is 4.57 Å². The maximum atomic E-state index is 12.4. The predicted octanol–water partition coefficient (Wildman–Crippen LogP) is 4.32. The summed E-state index contributed by atoms with van der Waals surface area (Å²) in [4.78, 5) is 29.8. The van der Waals surface area contributed by atoms with Crippen LogP contribution in [0.3, 0.4) is 0 Å². The van der Waals surface area contributed by atoms with Gasteiger partial charge in [0.1, 0.15) is 55.7 Å². The van der Waals surface area contributed by atoms with E-state index in [9.17, 15) is 4.79 Å². The quantitative estimate of drug-likeness (QED) is 0.235. The predicted molar refractivity (Wildman–Crippen MR) is 163 cm³/mol. The van der Waals surface area contributed by atoms with Crippen molar-refractivity contribution < 1.29 is 33.2 Å². The first kappa shape index (κ1) is 29.6. The number of benzene rings is 2. The van der Waals surface area contributed by atoms with E-state index in [1.165, 1.54) is 29.6 Å². The summed E-state index contributed by atoms with van der Waals surface area (Å²) in [6.45, 7) is 4.62. The summed E-state index contributed by atoms with van der Waals surface area (Å²) in [7, 11) is 1.65. The summed E-state index contributed by atoms with van der Waals surface area (Å²) in [6, 6.07) is 15.7. The van der Waals surface area contributed by atoms with Crippen molar-refractivity contribution in [2.24, 2.45) is 0 Å². The molecule has 7 rings (SSSR count). The minimum atomic E-state index is -0.849. The largest absolute Gasteiger partial charge is 0.497 e. The Labute approximate surface area is 264 Å². The molecule has 0 amide bonds. The first-order valence-electron chi connectivity index (χ1n) is 14.8. The van der Waals surface area contributed by atoms with Crippen LogP contribution >= 0.6 is 0 Å². The normalized spacial score (nSPS) is 21.6. The highest BCUT2D eigenvalue weighted by molar-refractivity contribution is 5.82. The lowest BCUT2D eigenvalue weighted by Gasteiger charge is -2.24. The van der Waals surface area contributed by atoms with Crippen molar-refractivity contribution in [1.29, 1.82) is 0 Å². The van der Waals surface area contributed by atoms with Crippen molar-refractivity contribution in [3.63, 3.8) is 0 Å². The Morgan fingerprint density at radius 2 is 1.72 bits per heavy atom. The van der Waals surface area contributed by atoms with Gasteiger partial charge in [-0.25, -0.2) is 29.3 Å². The van der Waals surface area contributed by atoms with Gasteiger partial charge in [-0.1, -0.05) is 24.3 Å². The van der Waals surface area contributed by atoms with Crippen LogP contribution < -0.4 is 14.8 Å². The van der Waals surface area contributed by atoms with Crippen LogP contribution in [-0.4, -0.2) is 73.0 Å². The number of nitrogens with one attached hydrogen (secondary N) is 1. The first-order chi connectivity index (χ1) is 22.4. The molecule has 2 fully saturated rings. The second kappa shape index (κ2) is 12.4. The van der Waals surface area contributed by atoms with E-state index in [0.717, 1.165) is 22.6 Å². The van der Waals surface area contributed by atoms with Crippen molar-refractivity contribution in [3.8, 4) is 11.5 Å². The van der Waals surface area contributed by atoms with Crippen LogP contribution in [0, 0.1) is 0 Å². The van der Waals surface area contributed by atoms with E-state index in [1.54, 1.807) is 18.0 Å². The van der Waals surface area contributed by atoms with E-state index in [1.807, 2.05) is 62.4 Å². The number of aromatic nitrogens is 6. The molecule has 2 aromatic carbocycles. The van der Waals surface area contributed by atoms with Gasteiger partial charge in [0.2, 0.25) is 0 Å². The van der Waals surface area contributed by atoms with E-state index in [-0.39, 0.29) is 6.61 Å². The molecule has 238 valence electrons. The number of fused-ring (bicyclic) bond motifs is 2. The third kappa shape index (κ3) is 6.09. The molecular weight excluding hydrogens is 594 g/mol. The molecule has 2 saturated heterocycles. The molecule has 4 unspecified atom stereocenters. The third-order valence-electron chi connectivity index (χ3n) is 7.79. The van der Waals surface area contributed by atoms with Crippen LogP contribution in [-0.2, 0) is 32.1 Å². The highest BCUT2D eigenvalue weighted by Crippen LogP contribution is 2.44. The number of ether oxygens (including phenoxy) is 6. The van der Waals surface area contributed by atoms with E-state index in [2.05, 4.69) is 25.3 Å². The SMILES string of the molecule is COc1ccc(COc2ccc(CNc3ncnc4c3ncn4C3OC(COC(=O)n4ccnc4)C4OC(C)(C)OC43)cc2)cc1. The monoisotopic (exact) mass is 627 g/mol. The van der Waals surface area contributed by atoms with Crippen LogP contribution in [0.1, 0.15) is 31.2 Å². The number of carbonyl (C=O) groups is 1. The van der Waals surface area contributed by atoms with Crippen LogP contribution in [0.15, 0.2) is 79.9 Å². The Balaban J connectivity index is 1.01. The third-order valence-corrected chi connectivity index (χ3v) is 7.79. The molecule has 2 aliphatic rings. The van der Waals surface area contributed by atoms with Gasteiger partial charge in [-0.15, -0.1) is 0 Å². The molecule has 0 saturated carbocycles. The van der Waals surface area contributed by atoms with Crippen LogP contribution in [0.5, 0.6) is 11.5 Å². The van der Waals surface area contributed by atoms with Gasteiger partial charge in [0.25, 0.3) is 0 Å². The number of rotatable bonds is 10. The zero-order valence-electron chi connectivity index (χ0n) is 25.5. The Bertz CT molecular complexity index is 1790. The molecule has 0 spiro atoms. The Hall–Kier alpha value is -5.05. The summed E-state index contributed by atoms with van der Waals surface area (Å²) >= 11 is 0. The summed E-state index contributed by atoms with van der Waals surface area (Å²) in [6.07, 6.45) is 4.79. The van der Waals surface area contributed by atoms with E-state index < -0.39 is 36.4 Å². The lowest BCUT2D eigenvalue weighted by molar-refractivity contribution is -0.199. The molecule has 1 N–H and O–H groups in total. The van der Waals surface area contributed by atoms with Gasteiger partial charge in [-0.05, 0) is 49.2 Å². The molecule has 0 bridgehead atoms. The summed E-state index contributed by atoms with van der Waals surface area (Å²) < 4.78 is 38.4. The maximum Gasteiger partial charge on any atom is 0.419 e. The highest BCUT2D eigenvalue weighted by atomic mass is 16.8. The zero-order chi connectivity index (χ0) is 31.7. The lowest BCUT2D eigenvalue weighted by atomic mass is 10.1. The minimum Gasteiger partial charge on any atom is -0.497 e. The van der Waals surface area contributed by atoms with Crippen LogP contribution in [0.25, 0.3) is 11.2 Å². The van der Waals surface area contributed by atoms with Gasteiger partial charge >= 0.3 is 6.09 Å². The molecule has 5 aromatic rings. The van der Waals surface area contributed by atoms with Crippen molar-refractivity contribution in [1.82, 2.24) is 29.1 Å². The summed E-state index contributed by atoms with van der Waals surface area (Å²) in [5, 5.41) is 3.37. The number of nitrogens with zero attached hydrogens (tertiary/aromatic N) is 6. The number of hydrogen-bond acceptors (Lipinski definition) is 12. The van der Waals surface area contributed by atoms with E-state index >= 15 is 0 Å². The number of anilines is 1.